The average Bonchev–Trinajstić information content (AvgIpc) is 3.00. The summed E-state index contributed by atoms with van der Waals surface area (Å²) < 4.78 is 6.35. The molecule has 116 valence electrons. The number of carbonyl (C=O) groups excluding carboxylic acids is 1. The molecular weight excluding hydrogens is 358 g/mol. The molecule has 0 radical (unpaired) electrons. The number of aromatic nitrogens is 2. The predicted octanol–water partition coefficient (Wildman–Crippen LogP) is 3.98. The third-order valence-corrected chi connectivity index (χ3v) is 4.14. The van der Waals surface area contributed by atoms with Crippen LogP contribution in [0.5, 0.6) is 0 Å². The summed E-state index contributed by atoms with van der Waals surface area (Å²) in [5.74, 6) is -0.0633. The zero-order valence-corrected chi connectivity index (χ0v) is 14.0. The molecule has 6 heteroatoms. The van der Waals surface area contributed by atoms with Gasteiger partial charge in [0, 0.05) is 10.2 Å². The van der Waals surface area contributed by atoms with Gasteiger partial charge in [-0.25, -0.2) is 0 Å². The van der Waals surface area contributed by atoms with Gasteiger partial charge < -0.3 is 9.73 Å². The van der Waals surface area contributed by atoms with Crippen molar-refractivity contribution < 1.29 is 9.21 Å². The highest BCUT2D eigenvalue weighted by atomic mass is 79.9. The minimum absolute atomic E-state index is 0.0485. The number of hydrogen-bond acceptors (Lipinski definition) is 4. The molecule has 3 rings (SSSR count). The number of amides is 1. The van der Waals surface area contributed by atoms with Crippen molar-refractivity contribution in [2.24, 2.45) is 0 Å². The van der Waals surface area contributed by atoms with Crippen LogP contribution < -0.4 is 5.32 Å². The van der Waals surface area contributed by atoms with Crippen molar-refractivity contribution >= 4 is 27.5 Å². The van der Waals surface area contributed by atoms with E-state index in [1.54, 1.807) is 0 Å². The number of benzene rings is 2. The van der Waals surface area contributed by atoms with Gasteiger partial charge in [0.15, 0.2) is 0 Å². The highest BCUT2D eigenvalue weighted by Gasteiger charge is 2.15. The molecule has 1 N–H and O–H groups in total. The smallest absolute Gasteiger partial charge is 0.313 e. The molecule has 5 nitrogen and oxygen atoms in total. The van der Waals surface area contributed by atoms with Gasteiger partial charge in [0.1, 0.15) is 0 Å². The molecule has 0 saturated heterocycles. The summed E-state index contributed by atoms with van der Waals surface area (Å²) in [7, 11) is 0. The van der Waals surface area contributed by atoms with Crippen molar-refractivity contribution in [3.8, 4) is 0 Å². The molecule has 0 aliphatic rings. The second-order valence-corrected chi connectivity index (χ2v) is 5.94. The topological polar surface area (TPSA) is 68.0 Å². The zero-order valence-electron chi connectivity index (χ0n) is 12.4. The van der Waals surface area contributed by atoms with Gasteiger partial charge in [0.2, 0.25) is 5.89 Å². The van der Waals surface area contributed by atoms with E-state index in [0.29, 0.717) is 18.0 Å². The Morgan fingerprint density at radius 2 is 1.96 bits per heavy atom. The van der Waals surface area contributed by atoms with Gasteiger partial charge in [0.05, 0.1) is 6.42 Å². The maximum atomic E-state index is 12.2. The van der Waals surface area contributed by atoms with E-state index in [1.165, 1.54) is 0 Å². The van der Waals surface area contributed by atoms with E-state index in [0.717, 1.165) is 15.6 Å². The fourth-order valence-corrected chi connectivity index (χ4v) is 2.42. The zero-order chi connectivity index (χ0) is 16.2. The van der Waals surface area contributed by atoms with Crippen LogP contribution in [0.4, 0.5) is 5.69 Å². The second-order valence-electron chi connectivity index (χ2n) is 5.08. The van der Waals surface area contributed by atoms with E-state index in [9.17, 15) is 4.79 Å². The molecule has 1 amide bonds. The third kappa shape index (κ3) is 3.84. The Hall–Kier alpha value is -2.47. The first-order chi connectivity index (χ1) is 11.1. The molecule has 0 fully saturated rings. The van der Waals surface area contributed by atoms with E-state index >= 15 is 0 Å². The molecule has 2 aromatic carbocycles. The van der Waals surface area contributed by atoms with Crippen molar-refractivity contribution in [3.63, 3.8) is 0 Å². The standard InChI is InChI=1S/C17H14BrN3O2/c1-11-7-8-13(10-14(11)18)19-16(22)17-21-20-15(23-17)9-12-5-3-2-4-6-12/h2-8,10H,9H2,1H3,(H,19,22). The number of aryl methyl sites for hydroxylation is 1. The number of anilines is 1. The van der Waals surface area contributed by atoms with Gasteiger partial charge >= 0.3 is 11.8 Å². The van der Waals surface area contributed by atoms with Crippen LogP contribution in [0.15, 0.2) is 57.4 Å². The summed E-state index contributed by atoms with van der Waals surface area (Å²) in [6, 6.07) is 15.3. The molecule has 3 aromatic rings. The Balaban J connectivity index is 1.69. The van der Waals surface area contributed by atoms with Crippen molar-refractivity contribution in [1.82, 2.24) is 10.2 Å². The van der Waals surface area contributed by atoms with Crippen LogP contribution in [0.1, 0.15) is 27.7 Å². The van der Waals surface area contributed by atoms with Gasteiger partial charge in [-0.3, -0.25) is 4.79 Å². The van der Waals surface area contributed by atoms with Crippen LogP contribution in [0, 0.1) is 6.92 Å². The van der Waals surface area contributed by atoms with E-state index < -0.39 is 5.91 Å². The average molecular weight is 372 g/mol. The maximum Gasteiger partial charge on any atom is 0.313 e. The van der Waals surface area contributed by atoms with Gasteiger partial charge in [-0.05, 0) is 30.2 Å². The highest BCUT2D eigenvalue weighted by molar-refractivity contribution is 9.10. The summed E-state index contributed by atoms with van der Waals surface area (Å²) in [4.78, 5) is 12.2. The number of nitrogens with one attached hydrogen (secondary N) is 1. The molecule has 0 spiro atoms. The normalized spacial score (nSPS) is 10.5. The summed E-state index contributed by atoms with van der Waals surface area (Å²) >= 11 is 3.43. The predicted molar refractivity (Wildman–Crippen MR) is 90.4 cm³/mol. The molecule has 0 unspecified atom stereocenters. The van der Waals surface area contributed by atoms with E-state index in [-0.39, 0.29) is 5.89 Å². The highest BCUT2D eigenvalue weighted by Crippen LogP contribution is 2.21. The lowest BCUT2D eigenvalue weighted by molar-refractivity contribution is 0.0988. The van der Waals surface area contributed by atoms with Crippen LogP contribution in [0.25, 0.3) is 0 Å². The molecule has 0 aliphatic heterocycles. The quantitative estimate of drug-likeness (QED) is 0.752. The van der Waals surface area contributed by atoms with E-state index in [4.69, 9.17) is 4.42 Å². The first-order valence-corrected chi connectivity index (χ1v) is 7.85. The van der Waals surface area contributed by atoms with Gasteiger partial charge in [0.25, 0.3) is 0 Å². The Labute approximate surface area is 141 Å². The summed E-state index contributed by atoms with van der Waals surface area (Å²) in [6.45, 7) is 1.98. The van der Waals surface area contributed by atoms with Gasteiger partial charge in [-0.1, -0.05) is 52.3 Å². The third-order valence-electron chi connectivity index (χ3n) is 3.29. The van der Waals surface area contributed by atoms with Crippen molar-refractivity contribution in [1.29, 1.82) is 0 Å². The maximum absolute atomic E-state index is 12.2. The van der Waals surface area contributed by atoms with Gasteiger partial charge in [-0.15, -0.1) is 10.2 Å². The first kappa shape index (κ1) is 15.4. The minimum Gasteiger partial charge on any atom is -0.417 e. The molecule has 0 saturated carbocycles. The second kappa shape index (κ2) is 6.75. The fourth-order valence-electron chi connectivity index (χ4n) is 2.04. The van der Waals surface area contributed by atoms with Crippen molar-refractivity contribution in [2.45, 2.75) is 13.3 Å². The summed E-state index contributed by atoms with van der Waals surface area (Å²) in [5, 5.41) is 10.5. The largest absolute Gasteiger partial charge is 0.417 e. The molecule has 1 heterocycles. The molecule has 0 bridgehead atoms. The molecule has 0 atom stereocenters. The molecular formula is C17H14BrN3O2. The fraction of sp³-hybridized carbons (Fsp3) is 0.118. The Morgan fingerprint density at radius 3 is 2.70 bits per heavy atom. The summed E-state index contributed by atoms with van der Waals surface area (Å²) in [5.41, 5.74) is 2.80. The van der Waals surface area contributed by atoms with Gasteiger partial charge in [-0.2, -0.15) is 0 Å². The van der Waals surface area contributed by atoms with Crippen LogP contribution in [0.3, 0.4) is 0 Å². The van der Waals surface area contributed by atoms with Crippen molar-refractivity contribution in [2.75, 3.05) is 5.32 Å². The van der Waals surface area contributed by atoms with Crippen LogP contribution in [-0.2, 0) is 6.42 Å². The number of carbonyl (C=O) groups is 1. The van der Waals surface area contributed by atoms with E-state index in [1.807, 2.05) is 55.5 Å². The molecule has 1 aromatic heterocycles. The number of rotatable bonds is 4. The van der Waals surface area contributed by atoms with Crippen LogP contribution >= 0.6 is 15.9 Å². The number of hydrogen-bond donors (Lipinski definition) is 1. The SMILES string of the molecule is Cc1ccc(NC(=O)c2nnc(Cc3ccccc3)o2)cc1Br. The lowest BCUT2D eigenvalue weighted by Gasteiger charge is -2.04. The monoisotopic (exact) mass is 371 g/mol. The Kier molecular flexibility index (Phi) is 4.52. The number of halogens is 1. The summed E-state index contributed by atoms with van der Waals surface area (Å²) in [6.07, 6.45) is 0.497. The number of nitrogens with zero attached hydrogens (tertiary/aromatic N) is 2. The van der Waals surface area contributed by atoms with Crippen molar-refractivity contribution in [3.05, 3.63) is 75.9 Å². The molecule has 23 heavy (non-hydrogen) atoms. The molecule has 0 aliphatic carbocycles. The van der Waals surface area contributed by atoms with E-state index in [2.05, 4.69) is 31.4 Å². The Bertz CT molecular complexity index is 831. The minimum atomic E-state index is -0.424. The lowest BCUT2D eigenvalue weighted by Crippen LogP contribution is -2.12. The van der Waals surface area contributed by atoms with Crippen LogP contribution in [0.2, 0.25) is 0 Å². The first-order valence-electron chi connectivity index (χ1n) is 7.05. The lowest BCUT2D eigenvalue weighted by atomic mass is 10.2. The van der Waals surface area contributed by atoms with Crippen LogP contribution in [-0.4, -0.2) is 16.1 Å². The Morgan fingerprint density at radius 1 is 1.17 bits per heavy atom.